The van der Waals surface area contributed by atoms with Crippen LogP contribution in [0.15, 0.2) is 0 Å². The summed E-state index contributed by atoms with van der Waals surface area (Å²) in [5.41, 5.74) is 0. The fourth-order valence-corrected chi connectivity index (χ4v) is 1.15. The molecule has 1 unspecified atom stereocenters. The number of piperazine rings is 1. The fraction of sp³-hybridized carbons (Fsp3) is 0.889. The predicted molar refractivity (Wildman–Crippen MR) is 51.0 cm³/mol. The average molecular weight is 172 g/mol. The van der Waals surface area contributed by atoms with Crippen LogP contribution in [0.4, 0.5) is 0 Å². The molecule has 1 fully saturated rings. The van der Waals surface area contributed by atoms with Crippen LogP contribution in [0.1, 0.15) is 27.7 Å². The first-order chi connectivity index (χ1) is 5.72. The quantitative estimate of drug-likeness (QED) is 0.613. The molecule has 0 aromatic carbocycles. The van der Waals surface area contributed by atoms with E-state index in [0.29, 0.717) is 5.92 Å². The van der Waals surface area contributed by atoms with Gasteiger partial charge in [-0.1, -0.05) is 27.7 Å². The number of amides is 1. The lowest BCUT2D eigenvalue weighted by Crippen LogP contribution is -2.55. The van der Waals surface area contributed by atoms with Gasteiger partial charge in [-0.15, -0.1) is 0 Å². The predicted octanol–water partition coefficient (Wildman–Crippen LogP) is 0.757. The zero-order valence-electron chi connectivity index (χ0n) is 8.48. The largest absolute Gasteiger partial charge is 0.353 e. The van der Waals surface area contributed by atoms with E-state index in [2.05, 4.69) is 10.6 Å². The molecule has 2 N–H and O–H groups in total. The molecule has 0 bridgehead atoms. The number of hydrogen-bond donors (Lipinski definition) is 2. The van der Waals surface area contributed by atoms with Crippen molar-refractivity contribution in [1.82, 2.24) is 10.6 Å². The van der Waals surface area contributed by atoms with Crippen LogP contribution in [-0.4, -0.2) is 25.0 Å². The number of carbonyl (C=O) groups is 1. The lowest BCUT2D eigenvalue weighted by molar-refractivity contribution is -0.125. The van der Waals surface area contributed by atoms with Gasteiger partial charge >= 0.3 is 0 Å². The van der Waals surface area contributed by atoms with Crippen molar-refractivity contribution >= 4 is 5.91 Å². The Morgan fingerprint density at radius 1 is 1.33 bits per heavy atom. The Hall–Kier alpha value is -0.570. The molecule has 1 aliphatic rings. The van der Waals surface area contributed by atoms with Crippen molar-refractivity contribution in [2.24, 2.45) is 5.92 Å². The van der Waals surface area contributed by atoms with E-state index >= 15 is 0 Å². The van der Waals surface area contributed by atoms with E-state index in [4.69, 9.17) is 0 Å². The number of carbonyl (C=O) groups excluding carboxylic acids is 1. The van der Waals surface area contributed by atoms with E-state index in [1.807, 2.05) is 27.7 Å². The lowest BCUT2D eigenvalue weighted by Gasteiger charge is -2.26. The third kappa shape index (κ3) is 3.22. The zero-order valence-corrected chi connectivity index (χ0v) is 8.48. The summed E-state index contributed by atoms with van der Waals surface area (Å²) in [4.78, 5) is 11.1. The molecule has 3 heteroatoms. The molecule has 1 aliphatic heterocycles. The van der Waals surface area contributed by atoms with Gasteiger partial charge in [-0.3, -0.25) is 4.79 Å². The normalized spacial score (nSPS) is 22.8. The summed E-state index contributed by atoms with van der Waals surface area (Å²) in [6.45, 7) is 9.75. The van der Waals surface area contributed by atoms with E-state index in [0.717, 1.165) is 13.1 Å². The van der Waals surface area contributed by atoms with Gasteiger partial charge < -0.3 is 10.6 Å². The van der Waals surface area contributed by atoms with E-state index in [1.165, 1.54) is 0 Å². The molecule has 3 nitrogen and oxygen atoms in total. The maximum atomic E-state index is 11.1. The van der Waals surface area contributed by atoms with Crippen LogP contribution in [0.3, 0.4) is 0 Å². The Kier molecular flexibility index (Phi) is 5.72. The first kappa shape index (κ1) is 11.4. The second-order valence-corrected chi connectivity index (χ2v) is 2.97. The molecule has 72 valence electrons. The highest BCUT2D eigenvalue weighted by Gasteiger charge is 2.23. The minimum absolute atomic E-state index is 0.0220. The Morgan fingerprint density at radius 3 is 2.25 bits per heavy atom. The molecule has 1 saturated heterocycles. The monoisotopic (exact) mass is 172 g/mol. The van der Waals surface area contributed by atoms with E-state index < -0.39 is 0 Å². The molecular weight excluding hydrogens is 152 g/mol. The molecule has 1 heterocycles. The summed E-state index contributed by atoms with van der Waals surface area (Å²) < 4.78 is 0. The lowest BCUT2D eigenvalue weighted by atomic mass is 10.0. The minimum Gasteiger partial charge on any atom is -0.353 e. The van der Waals surface area contributed by atoms with Crippen molar-refractivity contribution in [2.45, 2.75) is 33.7 Å². The molecule has 0 radical (unpaired) electrons. The molecule has 0 aromatic rings. The minimum atomic E-state index is 0.0220. The summed E-state index contributed by atoms with van der Waals surface area (Å²) in [5.74, 6) is 0.529. The van der Waals surface area contributed by atoms with Gasteiger partial charge in [0.05, 0.1) is 6.04 Å². The molecule has 0 aromatic heterocycles. The van der Waals surface area contributed by atoms with Crippen molar-refractivity contribution in [3.8, 4) is 0 Å². The first-order valence-corrected chi connectivity index (χ1v) is 4.73. The van der Waals surface area contributed by atoms with Crippen molar-refractivity contribution < 1.29 is 4.79 Å². The second kappa shape index (κ2) is 6.00. The van der Waals surface area contributed by atoms with Gasteiger partial charge in [0.15, 0.2) is 0 Å². The number of nitrogens with one attached hydrogen (secondary N) is 2. The summed E-state index contributed by atoms with van der Waals surface area (Å²) in [7, 11) is 0. The third-order valence-electron chi connectivity index (χ3n) is 1.74. The van der Waals surface area contributed by atoms with Crippen LogP contribution < -0.4 is 10.6 Å². The molecule has 0 saturated carbocycles. The molecule has 1 amide bonds. The molecular formula is C9H20N2O. The third-order valence-corrected chi connectivity index (χ3v) is 1.74. The maximum absolute atomic E-state index is 11.1. The van der Waals surface area contributed by atoms with Crippen LogP contribution in [0.2, 0.25) is 0 Å². The molecule has 0 aliphatic carbocycles. The van der Waals surface area contributed by atoms with E-state index in [-0.39, 0.29) is 11.9 Å². The smallest absolute Gasteiger partial charge is 0.237 e. The van der Waals surface area contributed by atoms with Gasteiger partial charge in [0.2, 0.25) is 5.91 Å². The maximum Gasteiger partial charge on any atom is 0.237 e. The topological polar surface area (TPSA) is 41.1 Å². The van der Waals surface area contributed by atoms with Crippen molar-refractivity contribution in [3.63, 3.8) is 0 Å². The van der Waals surface area contributed by atoms with Crippen LogP contribution in [0, 0.1) is 5.92 Å². The average Bonchev–Trinajstić information content (AvgIpc) is 2.08. The van der Waals surface area contributed by atoms with Crippen LogP contribution >= 0.6 is 0 Å². The van der Waals surface area contributed by atoms with Crippen molar-refractivity contribution in [1.29, 1.82) is 0 Å². The molecule has 0 spiro atoms. The van der Waals surface area contributed by atoms with Crippen molar-refractivity contribution in [3.05, 3.63) is 0 Å². The molecule has 1 rings (SSSR count). The Labute approximate surface area is 74.9 Å². The van der Waals surface area contributed by atoms with Gasteiger partial charge in [-0.2, -0.15) is 0 Å². The highest BCUT2D eigenvalue weighted by atomic mass is 16.2. The number of rotatable bonds is 1. The van der Waals surface area contributed by atoms with Crippen LogP contribution in [-0.2, 0) is 4.79 Å². The first-order valence-electron chi connectivity index (χ1n) is 4.73. The summed E-state index contributed by atoms with van der Waals surface area (Å²) in [6.07, 6.45) is 0. The van der Waals surface area contributed by atoms with Crippen molar-refractivity contribution in [2.75, 3.05) is 13.1 Å². The summed E-state index contributed by atoms with van der Waals surface area (Å²) in [6, 6.07) is 0.0220. The number of hydrogen-bond acceptors (Lipinski definition) is 2. The Bertz CT molecular complexity index is 134. The summed E-state index contributed by atoms with van der Waals surface area (Å²) in [5, 5.41) is 5.97. The van der Waals surface area contributed by atoms with Gasteiger partial charge in [-0.25, -0.2) is 0 Å². The van der Waals surface area contributed by atoms with Gasteiger partial charge in [0.1, 0.15) is 0 Å². The standard InChI is InChI=1S/C7H14N2O.C2H6/c1-5(2)6-7(10)9-4-3-8-6;1-2/h5-6,8H,3-4H2,1-2H3,(H,9,10);1-2H3. The SMILES string of the molecule is CC.CC(C)C1NCCNC1=O. The Morgan fingerprint density at radius 2 is 1.92 bits per heavy atom. The Balaban J connectivity index is 0.000000561. The fourth-order valence-electron chi connectivity index (χ4n) is 1.15. The van der Waals surface area contributed by atoms with E-state index in [1.54, 1.807) is 0 Å². The summed E-state index contributed by atoms with van der Waals surface area (Å²) >= 11 is 0. The molecule has 1 atom stereocenters. The van der Waals surface area contributed by atoms with Gasteiger partial charge in [0, 0.05) is 13.1 Å². The van der Waals surface area contributed by atoms with Gasteiger partial charge in [0.25, 0.3) is 0 Å². The highest BCUT2D eigenvalue weighted by Crippen LogP contribution is 2.02. The second-order valence-electron chi connectivity index (χ2n) is 2.97. The van der Waals surface area contributed by atoms with Crippen LogP contribution in [0.25, 0.3) is 0 Å². The van der Waals surface area contributed by atoms with E-state index in [9.17, 15) is 4.79 Å². The highest BCUT2D eigenvalue weighted by molar-refractivity contribution is 5.82. The van der Waals surface area contributed by atoms with Crippen LogP contribution in [0.5, 0.6) is 0 Å². The van der Waals surface area contributed by atoms with Gasteiger partial charge in [-0.05, 0) is 5.92 Å². The molecule has 12 heavy (non-hydrogen) atoms. The zero-order chi connectivity index (χ0) is 9.56.